The molecule has 4 rings (SSSR count). The number of nitrogens with zero attached hydrogens (tertiary/aromatic N) is 5. The first-order chi connectivity index (χ1) is 12.2. The second-order valence-corrected chi connectivity index (χ2v) is 6.22. The van der Waals surface area contributed by atoms with Crippen molar-refractivity contribution in [2.75, 3.05) is 23.3 Å². The van der Waals surface area contributed by atoms with Crippen LogP contribution in [0.3, 0.4) is 0 Å². The van der Waals surface area contributed by atoms with Crippen molar-refractivity contribution in [3.63, 3.8) is 0 Å². The van der Waals surface area contributed by atoms with Crippen LogP contribution >= 0.6 is 11.6 Å². The zero-order chi connectivity index (χ0) is 17.2. The molecule has 25 heavy (non-hydrogen) atoms. The number of carbonyl (C=O) groups is 1. The molecule has 1 amide bonds. The van der Waals surface area contributed by atoms with Gasteiger partial charge in [0.2, 0.25) is 5.91 Å². The molecule has 1 aliphatic rings. The van der Waals surface area contributed by atoms with Gasteiger partial charge in [-0.15, -0.1) is 0 Å². The van der Waals surface area contributed by atoms with Crippen LogP contribution in [0.2, 0.25) is 5.02 Å². The minimum atomic E-state index is -0.0814. The first kappa shape index (κ1) is 15.6. The maximum atomic E-state index is 12.3. The highest BCUT2D eigenvalue weighted by atomic mass is 35.5. The smallest absolute Gasteiger partial charge is 0.231 e. The lowest BCUT2D eigenvalue weighted by Crippen LogP contribution is -2.52. The summed E-state index contributed by atoms with van der Waals surface area (Å²) in [6.07, 6.45) is 5.02. The van der Waals surface area contributed by atoms with E-state index >= 15 is 0 Å². The molecule has 1 N–H and O–H groups in total. The predicted molar refractivity (Wildman–Crippen MR) is 94.9 cm³/mol. The third kappa shape index (κ3) is 3.32. The fourth-order valence-corrected chi connectivity index (χ4v) is 2.87. The molecule has 0 unspecified atom stereocenters. The first-order valence-electron chi connectivity index (χ1n) is 7.82. The maximum Gasteiger partial charge on any atom is 0.231 e. The van der Waals surface area contributed by atoms with E-state index in [2.05, 4.69) is 20.4 Å². The Kier molecular flexibility index (Phi) is 4.07. The van der Waals surface area contributed by atoms with Crippen molar-refractivity contribution in [1.29, 1.82) is 0 Å². The summed E-state index contributed by atoms with van der Waals surface area (Å²) in [6.45, 7) is 1.23. The zero-order valence-corrected chi connectivity index (χ0v) is 14.0. The van der Waals surface area contributed by atoms with E-state index in [-0.39, 0.29) is 11.8 Å². The lowest BCUT2D eigenvalue weighted by Gasteiger charge is -2.39. The summed E-state index contributed by atoms with van der Waals surface area (Å²) in [7, 11) is 0. The molecule has 2 aromatic heterocycles. The van der Waals surface area contributed by atoms with Crippen molar-refractivity contribution in [3.05, 3.63) is 60.1 Å². The molecule has 8 heteroatoms. The molecule has 0 spiro atoms. The molecule has 1 aliphatic heterocycles. The lowest BCUT2D eigenvalue weighted by atomic mass is 9.99. The van der Waals surface area contributed by atoms with Crippen LogP contribution in [0.25, 0.3) is 5.82 Å². The fourth-order valence-electron chi connectivity index (χ4n) is 2.68. The van der Waals surface area contributed by atoms with E-state index in [1.807, 2.05) is 35.4 Å². The quantitative estimate of drug-likeness (QED) is 0.778. The van der Waals surface area contributed by atoms with Crippen LogP contribution in [0.1, 0.15) is 0 Å². The number of benzene rings is 1. The van der Waals surface area contributed by atoms with E-state index in [4.69, 9.17) is 11.6 Å². The number of halogens is 1. The van der Waals surface area contributed by atoms with Crippen LogP contribution in [-0.4, -0.2) is 38.7 Å². The van der Waals surface area contributed by atoms with E-state index in [9.17, 15) is 4.79 Å². The van der Waals surface area contributed by atoms with Crippen LogP contribution in [0, 0.1) is 5.92 Å². The Morgan fingerprint density at radius 2 is 2.00 bits per heavy atom. The molecule has 1 saturated heterocycles. The summed E-state index contributed by atoms with van der Waals surface area (Å²) in [6, 6.07) is 10.8. The average molecular weight is 355 g/mol. The van der Waals surface area contributed by atoms with Crippen molar-refractivity contribution in [2.45, 2.75) is 0 Å². The summed E-state index contributed by atoms with van der Waals surface area (Å²) < 4.78 is 1.67. The van der Waals surface area contributed by atoms with E-state index < -0.39 is 0 Å². The van der Waals surface area contributed by atoms with E-state index in [1.165, 1.54) is 6.33 Å². The molecule has 7 nitrogen and oxygen atoms in total. The highest BCUT2D eigenvalue weighted by molar-refractivity contribution is 6.30. The third-order valence-electron chi connectivity index (χ3n) is 4.05. The van der Waals surface area contributed by atoms with Gasteiger partial charge < -0.3 is 10.2 Å². The second kappa shape index (κ2) is 6.52. The molecule has 126 valence electrons. The predicted octanol–water partition coefficient (Wildman–Crippen LogP) is 2.39. The van der Waals surface area contributed by atoms with Crippen LogP contribution in [0.5, 0.6) is 0 Å². The second-order valence-electron chi connectivity index (χ2n) is 5.79. The average Bonchev–Trinajstić information content (AvgIpc) is 3.08. The Bertz CT molecular complexity index is 892. The topological polar surface area (TPSA) is 75.9 Å². The van der Waals surface area contributed by atoms with Crippen LogP contribution < -0.4 is 10.2 Å². The molecule has 0 bridgehead atoms. The molecular weight excluding hydrogens is 340 g/mol. The van der Waals surface area contributed by atoms with Gasteiger partial charge >= 0.3 is 0 Å². The van der Waals surface area contributed by atoms with Gasteiger partial charge in [0, 0.05) is 42.3 Å². The van der Waals surface area contributed by atoms with Gasteiger partial charge in [-0.05, 0) is 24.3 Å². The van der Waals surface area contributed by atoms with Crippen molar-refractivity contribution >= 4 is 29.0 Å². The van der Waals surface area contributed by atoms with Crippen molar-refractivity contribution in [2.24, 2.45) is 5.92 Å². The Hall–Kier alpha value is -2.93. The van der Waals surface area contributed by atoms with Crippen LogP contribution in [0.15, 0.2) is 55.1 Å². The minimum Gasteiger partial charge on any atom is -0.355 e. The molecule has 0 aliphatic carbocycles. The van der Waals surface area contributed by atoms with Crippen molar-refractivity contribution in [3.8, 4) is 5.82 Å². The zero-order valence-electron chi connectivity index (χ0n) is 13.2. The Morgan fingerprint density at radius 1 is 1.16 bits per heavy atom. The lowest BCUT2D eigenvalue weighted by molar-refractivity contribution is -0.120. The fraction of sp³-hybridized carbons (Fsp3) is 0.176. The van der Waals surface area contributed by atoms with Gasteiger partial charge in [0.15, 0.2) is 5.82 Å². The van der Waals surface area contributed by atoms with Gasteiger partial charge in [0.25, 0.3) is 0 Å². The Balaban J connectivity index is 1.39. The molecule has 0 saturated carbocycles. The molecule has 1 fully saturated rings. The number of aromatic nitrogens is 4. The van der Waals surface area contributed by atoms with E-state index in [0.717, 1.165) is 5.82 Å². The molecule has 1 aromatic carbocycles. The van der Waals surface area contributed by atoms with Crippen LogP contribution in [0.4, 0.5) is 11.5 Å². The Labute approximate surface area is 149 Å². The molecule has 0 radical (unpaired) electrons. The largest absolute Gasteiger partial charge is 0.355 e. The highest BCUT2D eigenvalue weighted by Gasteiger charge is 2.33. The highest BCUT2D eigenvalue weighted by Crippen LogP contribution is 2.25. The minimum absolute atomic E-state index is 0.0140. The number of amides is 1. The summed E-state index contributed by atoms with van der Waals surface area (Å²) in [4.78, 5) is 22.8. The van der Waals surface area contributed by atoms with Gasteiger partial charge in [0.05, 0.1) is 5.92 Å². The Morgan fingerprint density at radius 3 is 2.76 bits per heavy atom. The standard InChI is InChI=1S/C17H15ClN6O/c18-13-3-1-4-14(7-13)22-17(25)12-9-23(10-12)15-8-16(20-11-19-15)24-6-2-5-21-24/h1-8,11-12H,9-10H2,(H,22,25). The summed E-state index contributed by atoms with van der Waals surface area (Å²) in [5, 5.41) is 7.65. The number of rotatable bonds is 4. The number of hydrogen-bond acceptors (Lipinski definition) is 5. The molecular formula is C17H15ClN6O. The van der Waals surface area contributed by atoms with Gasteiger partial charge in [0.1, 0.15) is 12.1 Å². The first-order valence-corrected chi connectivity index (χ1v) is 8.20. The monoisotopic (exact) mass is 354 g/mol. The maximum absolute atomic E-state index is 12.3. The third-order valence-corrected chi connectivity index (χ3v) is 4.28. The number of carbonyl (C=O) groups excluding carboxylic acids is 1. The van der Waals surface area contributed by atoms with Gasteiger partial charge in [-0.3, -0.25) is 4.79 Å². The summed E-state index contributed by atoms with van der Waals surface area (Å²) in [5.41, 5.74) is 0.707. The van der Waals surface area contributed by atoms with Gasteiger partial charge in [-0.25, -0.2) is 14.6 Å². The van der Waals surface area contributed by atoms with Crippen molar-refractivity contribution in [1.82, 2.24) is 19.7 Å². The van der Waals surface area contributed by atoms with E-state index in [1.54, 1.807) is 23.0 Å². The number of anilines is 2. The molecule has 0 atom stereocenters. The summed E-state index contributed by atoms with van der Waals surface area (Å²) >= 11 is 5.94. The molecule has 3 heterocycles. The van der Waals surface area contributed by atoms with Gasteiger partial charge in [-0.2, -0.15) is 5.10 Å². The summed E-state index contributed by atoms with van der Waals surface area (Å²) in [5.74, 6) is 1.39. The van der Waals surface area contributed by atoms with Crippen LogP contribution in [-0.2, 0) is 4.79 Å². The van der Waals surface area contributed by atoms with Crippen molar-refractivity contribution < 1.29 is 4.79 Å². The number of hydrogen-bond donors (Lipinski definition) is 1. The van der Waals surface area contributed by atoms with E-state index in [0.29, 0.717) is 29.6 Å². The molecule has 3 aromatic rings. The SMILES string of the molecule is O=C(Nc1cccc(Cl)c1)C1CN(c2cc(-n3cccn3)ncn2)C1. The number of nitrogens with one attached hydrogen (secondary N) is 1. The van der Waals surface area contributed by atoms with Gasteiger partial charge in [-0.1, -0.05) is 17.7 Å². The normalized spacial score (nSPS) is 14.2.